The predicted octanol–water partition coefficient (Wildman–Crippen LogP) is 3.54. The molecule has 0 spiro atoms. The minimum atomic E-state index is -0.697. The zero-order valence-corrected chi connectivity index (χ0v) is 15.7. The Hall–Kier alpha value is -2.97. The molecule has 27 heavy (non-hydrogen) atoms. The lowest BCUT2D eigenvalue weighted by atomic mass is 10.0. The molecule has 2 aromatic heterocycles. The number of rotatable bonds is 6. The van der Waals surface area contributed by atoms with E-state index in [4.69, 9.17) is 9.47 Å². The molecule has 7 nitrogen and oxygen atoms in total. The molecule has 0 bridgehead atoms. The molecular formula is C18H21F2N5O2. The molecule has 0 aliphatic heterocycles. The van der Waals surface area contributed by atoms with Crippen LogP contribution >= 0.6 is 0 Å². The average molecular weight is 377 g/mol. The van der Waals surface area contributed by atoms with Gasteiger partial charge in [0.2, 0.25) is 5.88 Å². The van der Waals surface area contributed by atoms with Crippen LogP contribution in [0.15, 0.2) is 18.5 Å². The van der Waals surface area contributed by atoms with Gasteiger partial charge in [-0.1, -0.05) is 13.8 Å². The summed E-state index contributed by atoms with van der Waals surface area (Å²) in [6, 6.07) is 2.06. The molecule has 0 amide bonds. The van der Waals surface area contributed by atoms with Crippen LogP contribution < -0.4 is 14.8 Å². The van der Waals surface area contributed by atoms with Crippen molar-refractivity contribution >= 4 is 11.6 Å². The lowest BCUT2D eigenvalue weighted by Crippen LogP contribution is -2.24. The normalized spacial score (nSPS) is 12.4. The van der Waals surface area contributed by atoms with Gasteiger partial charge >= 0.3 is 0 Å². The van der Waals surface area contributed by atoms with Crippen molar-refractivity contribution in [1.29, 1.82) is 0 Å². The van der Waals surface area contributed by atoms with Gasteiger partial charge in [0.15, 0.2) is 11.6 Å². The van der Waals surface area contributed by atoms with E-state index in [9.17, 15) is 8.78 Å². The van der Waals surface area contributed by atoms with Crippen LogP contribution in [0.25, 0.3) is 16.9 Å². The molecule has 0 radical (unpaired) electrons. The van der Waals surface area contributed by atoms with Crippen LogP contribution in [0.3, 0.4) is 0 Å². The fraction of sp³-hybridized carbons (Fsp3) is 0.389. The number of hydrogen-bond donors (Lipinski definition) is 1. The molecule has 0 saturated carbocycles. The molecule has 1 unspecified atom stereocenters. The molecule has 1 atom stereocenters. The number of halogens is 2. The number of nitrogens with one attached hydrogen (secondary N) is 1. The third kappa shape index (κ3) is 3.36. The Morgan fingerprint density at radius 1 is 1.07 bits per heavy atom. The highest BCUT2D eigenvalue weighted by Gasteiger charge is 2.25. The van der Waals surface area contributed by atoms with E-state index in [1.165, 1.54) is 25.1 Å². The van der Waals surface area contributed by atoms with Gasteiger partial charge in [-0.3, -0.25) is 0 Å². The third-order valence-electron chi connectivity index (χ3n) is 4.46. The first-order valence-electron chi connectivity index (χ1n) is 8.45. The summed E-state index contributed by atoms with van der Waals surface area (Å²) >= 11 is 0. The van der Waals surface area contributed by atoms with E-state index in [0.29, 0.717) is 5.82 Å². The number of fused-ring (bicyclic) bond motifs is 1. The SMILES string of the molecule is COc1cc(F)c(-c2c(OC)nc3ncnn3c2NC(C)C(C)C)cc1F. The lowest BCUT2D eigenvalue weighted by molar-refractivity contribution is 0.382. The van der Waals surface area contributed by atoms with Crippen LogP contribution in [-0.2, 0) is 0 Å². The van der Waals surface area contributed by atoms with Gasteiger partial charge in [-0.05, 0) is 18.9 Å². The van der Waals surface area contributed by atoms with Crippen molar-refractivity contribution in [2.45, 2.75) is 26.8 Å². The summed E-state index contributed by atoms with van der Waals surface area (Å²) < 4.78 is 40.8. The van der Waals surface area contributed by atoms with Crippen LogP contribution in [0.1, 0.15) is 20.8 Å². The Morgan fingerprint density at radius 3 is 2.44 bits per heavy atom. The van der Waals surface area contributed by atoms with Crippen LogP contribution in [0.5, 0.6) is 11.6 Å². The van der Waals surface area contributed by atoms with E-state index < -0.39 is 11.6 Å². The molecule has 1 N–H and O–H groups in total. The minimum absolute atomic E-state index is 0.00872. The van der Waals surface area contributed by atoms with E-state index in [-0.39, 0.29) is 40.5 Å². The summed E-state index contributed by atoms with van der Waals surface area (Å²) in [5.74, 6) is -0.478. The zero-order valence-electron chi connectivity index (χ0n) is 15.7. The van der Waals surface area contributed by atoms with Crippen LogP contribution in [0.2, 0.25) is 0 Å². The maximum Gasteiger partial charge on any atom is 0.257 e. The first-order chi connectivity index (χ1) is 12.9. The molecule has 3 rings (SSSR count). The van der Waals surface area contributed by atoms with E-state index in [2.05, 4.69) is 20.4 Å². The summed E-state index contributed by atoms with van der Waals surface area (Å²) in [4.78, 5) is 8.34. The van der Waals surface area contributed by atoms with Crippen molar-refractivity contribution in [3.63, 3.8) is 0 Å². The summed E-state index contributed by atoms with van der Waals surface area (Å²) in [5.41, 5.74) is 0.232. The second-order valence-corrected chi connectivity index (χ2v) is 6.46. The largest absolute Gasteiger partial charge is 0.494 e. The Bertz CT molecular complexity index is 974. The van der Waals surface area contributed by atoms with Gasteiger partial charge in [0.1, 0.15) is 18.0 Å². The van der Waals surface area contributed by atoms with E-state index >= 15 is 0 Å². The van der Waals surface area contributed by atoms with Crippen LogP contribution in [-0.4, -0.2) is 39.8 Å². The average Bonchev–Trinajstić information content (AvgIpc) is 3.11. The van der Waals surface area contributed by atoms with Gasteiger partial charge in [0, 0.05) is 17.7 Å². The van der Waals surface area contributed by atoms with Gasteiger partial charge in [0.25, 0.3) is 5.78 Å². The number of hydrogen-bond acceptors (Lipinski definition) is 6. The van der Waals surface area contributed by atoms with Crippen molar-refractivity contribution in [2.75, 3.05) is 19.5 Å². The Balaban J connectivity index is 2.32. The Kier molecular flexibility index (Phi) is 5.11. The fourth-order valence-electron chi connectivity index (χ4n) is 2.61. The molecule has 1 aromatic carbocycles. The van der Waals surface area contributed by atoms with Crippen molar-refractivity contribution in [3.05, 3.63) is 30.1 Å². The van der Waals surface area contributed by atoms with Gasteiger partial charge in [-0.15, -0.1) is 0 Å². The summed E-state index contributed by atoms with van der Waals surface area (Å²) in [6.45, 7) is 6.07. The molecule has 0 aliphatic carbocycles. The number of anilines is 1. The highest BCUT2D eigenvalue weighted by atomic mass is 19.1. The smallest absolute Gasteiger partial charge is 0.257 e. The topological polar surface area (TPSA) is 73.6 Å². The molecule has 9 heteroatoms. The highest BCUT2D eigenvalue weighted by molar-refractivity contribution is 5.82. The van der Waals surface area contributed by atoms with E-state index in [1.54, 1.807) is 0 Å². The first kappa shape index (κ1) is 18.8. The number of nitrogens with zero attached hydrogens (tertiary/aromatic N) is 4. The van der Waals surface area contributed by atoms with Crippen molar-refractivity contribution < 1.29 is 18.3 Å². The molecule has 2 heterocycles. The number of benzene rings is 1. The van der Waals surface area contributed by atoms with Gasteiger partial charge < -0.3 is 14.8 Å². The van der Waals surface area contributed by atoms with Crippen LogP contribution in [0, 0.1) is 17.6 Å². The standard InChI is InChI=1S/C18H21F2N5O2/c1-9(2)10(3)23-16-15(11-6-13(20)14(26-4)7-12(11)19)17(27-5)24-18-21-8-22-25(16)18/h6-10,23H,1-5H3. The monoisotopic (exact) mass is 377 g/mol. The molecule has 0 saturated heterocycles. The highest BCUT2D eigenvalue weighted by Crippen LogP contribution is 2.39. The zero-order chi connectivity index (χ0) is 19.7. The molecule has 3 aromatic rings. The summed E-state index contributed by atoms with van der Waals surface area (Å²) in [6.07, 6.45) is 1.34. The predicted molar refractivity (Wildman–Crippen MR) is 97.2 cm³/mol. The molecule has 0 aliphatic rings. The Labute approximate surface area is 155 Å². The number of methoxy groups -OCH3 is 2. The number of ether oxygens (including phenoxy) is 2. The molecule has 0 fully saturated rings. The Morgan fingerprint density at radius 2 is 1.81 bits per heavy atom. The second-order valence-electron chi connectivity index (χ2n) is 6.46. The van der Waals surface area contributed by atoms with Gasteiger partial charge in [-0.25, -0.2) is 8.78 Å². The maximum absolute atomic E-state index is 14.8. The first-order valence-corrected chi connectivity index (χ1v) is 8.45. The van der Waals surface area contributed by atoms with Crippen molar-refractivity contribution in [2.24, 2.45) is 5.92 Å². The third-order valence-corrected chi connectivity index (χ3v) is 4.46. The summed E-state index contributed by atoms with van der Waals surface area (Å²) in [7, 11) is 2.69. The molecule has 144 valence electrons. The summed E-state index contributed by atoms with van der Waals surface area (Å²) in [5, 5.41) is 7.47. The maximum atomic E-state index is 14.8. The van der Waals surface area contributed by atoms with Gasteiger partial charge in [0.05, 0.1) is 19.8 Å². The van der Waals surface area contributed by atoms with Crippen molar-refractivity contribution in [3.8, 4) is 22.8 Å². The fourth-order valence-corrected chi connectivity index (χ4v) is 2.61. The minimum Gasteiger partial charge on any atom is -0.494 e. The second kappa shape index (κ2) is 7.34. The lowest BCUT2D eigenvalue weighted by Gasteiger charge is -2.22. The number of aromatic nitrogens is 4. The van der Waals surface area contributed by atoms with Crippen molar-refractivity contribution in [1.82, 2.24) is 19.6 Å². The van der Waals surface area contributed by atoms with E-state index in [0.717, 1.165) is 12.1 Å². The quantitative estimate of drug-likeness (QED) is 0.708. The van der Waals surface area contributed by atoms with Crippen LogP contribution in [0.4, 0.5) is 14.6 Å². The van der Waals surface area contributed by atoms with E-state index in [1.807, 2.05) is 20.8 Å². The van der Waals surface area contributed by atoms with Gasteiger partial charge in [-0.2, -0.15) is 19.6 Å². The molecular weight excluding hydrogens is 356 g/mol.